The van der Waals surface area contributed by atoms with Crippen LogP contribution in [0.2, 0.25) is 10.0 Å². The second-order valence-corrected chi connectivity index (χ2v) is 7.71. The first-order valence-electron chi connectivity index (χ1n) is 8.71. The van der Waals surface area contributed by atoms with Crippen LogP contribution in [-0.2, 0) is 6.54 Å². The van der Waals surface area contributed by atoms with Crippen molar-refractivity contribution in [1.29, 1.82) is 0 Å². The SMILES string of the molecule is OC(COc1ccc(Cl)cc1Cl)C[N+]1(Cc2ccccc2)CCCC1. The van der Waals surface area contributed by atoms with Gasteiger partial charge in [-0.05, 0) is 18.2 Å². The predicted molar refractivity (Wildman–Crippen MR) is 102 cm³/mol. The van der Waals surface area contributed by atoms with Gasteiger partial charge in [-0.2, -0.15) is 0 Å². The van der Waals surface area contributed by atoms with Crippen molar-refractivity contribution < 1.29 is 14.3 Å². The van der Waals surface area contributed by atoms with E-state index in [9.17, 15) is 5.11 Å². The number of likely N-dealkylation sites (tertiary alicyclic amines) is 1. The van der Waals surface area contributed by atoms with Crippen LogP contribution in [0, 0.1) is 0 Å². The monoisotopic (exact) mass is 380 g/mol. The Morgan fingerprint density at radius 3 is 2.44 bits per heavy atom. The van der Waals surface area contributed by atoms with Gasteiger partial charge in [-0.25, -0.2) is 0 Å². The molecule has 0 saturated carbocycles. The van der Waals surface area contributed by atoms with E-state index in [4.69, 9.17) is 27.9 Å². The van der Waals surface area contributed by atoms with Crippen LogP contribution in [0.1, 0.15) is 18.4 Å². The topological polar surface area (TPSA) is 29.5 Å². The maximum absolute atomic E-state index is 10.5. The minimum Gasteiger partial charge on any atom is -0.489 e. The molecule has 3 rings (SSSR count). The third kappa shape index (κ3) is 5.11. The van der Waals surface area contributed by atoms with E-state index in [1.807, 2.05) is 6.07 Å². The number of nitrogens with zero attached hydrogens (tertiary/aromatic N) is 1. The van der Waals surface area contributed by atoms with Crippen molar-refractivity contribution in [3.63, 3.8) is 0 Å². The van der Waals surface area contributed by atoms with E-state index < -0.39 is 6.10 Å². The molecule has 1 N–H and O–H groups in total. The van der Waals surface area contributed by atoms with Gasteiger partial charge in [-0.3, -0.25) is 0 Å². The molecule has 134 valence electrons. The highest BCUT2D eigenvalue weighted by molar-refractivity contribution is 6.35. The fourth-order valence-corrected chi connectivity index (χ4v) is 4.12. The van der Waals surface area contributed by atoms with Crippen LogP contribution in [0.5, 0.6) is 5.75 Å². The first-order valence-corrected chi connectivity index (χ1v) is 9.47. The number of hydrogen-bond acceptors (Lipinski definition) is 2. The molecule has 0 radical (unpaired) electrons. The third-order valence-electron chi connectivity index (χ3n) is 4.80. The van der Waals surface area contributed by atoms with Crippen molar-refractivity contribution in [2.24, 2.45) is 0 Å². The predicted octanol–water partition coefficient (Wildman–Crippen LogP) is 4.54. The minimum absolute atomic E-state index is 0.232. The summed E-state index contributed by atoms with van der Waals surface area (Å²) in [5, 5.41) is 11.6. The molecule has 1 aliphatic rings. The summed E-state index contributed by atoms with van der Waals surface area (Å²) in [7, 11) is 0. The zero-order chi connectivity index (χ0) is 17.7. The molecule has 1 aliphatic heterocycles. The smallest absolute Gasteiger partial charge is 0.138 e. The van der Waals surface area contributed by atoms with Gasteiger partial charge in [0.15, 0.2) is 0 Å². The fourth-order valence-electron chi connectivity index (χ4n) is 3.66. The molecule has 1 unspecified atom stereocenters. The number of ether oxygens (including phenoxy) is 1. The lowest BCUT2D eigenvalue weighted by Crippen LogP contribution is -2.50. The molecule has 3 nitrogen and oxygen atoms in total. The molecule has 0 aromatic heterocycles. The highest BCUT2D eigenvalue weighted by Gasteiger charge is 2.34. The molecule has 1 heterocycles. The summed E-state index contributed by atoms with van der Waals surface area (Å²) in [6.07, 6.45) is 1.89. The van der Waals surface area contributed by atoms with E-state index in [1.54, 1.807) is 18.2 Å². The van der Waals surface area contributed by atoms with E-state index in [1.165, 1.54) is 18.4 Å². The van der Waals surface area contributed by atoms with Crippen LogP contribution in [0.25, 0.3) is 0 Å². The average Bonchev–Trinajstić information content (AvgIpc) is 3.03. The van der Waals surface area contributed by atoms with Gasteiger partial charge in [0.05, 0.1) is 18.1 Å². The second-order valence-electron chi connectivity index (χ2n) is 6.86. The number of halogens is 2. The zero-order valence-corrected chi connectivity index (χ0v) is 15.7. The highest BCUT2D eigenvalue weighted by atomic mass is 35.5. The maximum atomic E-state index is 10.5. The molecular formula is C20H24Cl2NO2+. The molecule has 0 bridgehead atoms. The lowest BCUT2D eigenvalue weighted by Gasteiger charge is -2.36. The Morgan fingerprint density at radius 2 is 1.76 bits per heavy atom. The Labute approximate surface area is 159 Å². The quantitative estimate of drug-likeness (QED) is 0.714. The van der Waals surface area contributed by atoms with Gasteiger partial charge in [0.1, 0.15) is 31.5 Å². The van der Waals surface area contributed by atoms with Crippen LogP contribution >= 0.6 is 23.2 Å². The minimum atomic E-state index is -0.534. The number of hydrogen-bond donors (Lipinski definition) is 1. The summed E-state index contributed by atoms with van der Waals surface area (Å²) < 4.78 is 6.63. The van der Waals surface area contributed by atoms with Crippen LogP contribution in [0.3, 0.4) is 0 Å². The van der Waals surface area contributed by atoms with Crippen LogP contribution < -0.4 is 4.74 Å². The van der Waals surface area contributed by atoms with Crippen LogP contribution in [0.15, 0.2) is 48.5 Å². The van der Waals surface area contributed by atoms with E-state index in [0.29, 0.717) is 22.3 Å². The Balaban J connectivity index is 1.60. The number of benzene rings is 2. The molecule has 25 heavy (non-hydrogen) atoms. The van der Waals surface area contributed by atoms with Gasteiger partial charge in [0, 0.05) is 23.4 Å². The molecule has 2 aromatic carbocycles. The lowest BCUT2D eigenvalue weighted by atomic mass is 10.1. The average molecular weight is 381 g/mol. The van der Waals surface area contributed by atoms with Gasteiger partial charge in [0.25, 0.3) is 0 Å². The normalized spacial score (nSPS) is 17.4. The summed E-state index contributed by atoms with van der Waals surface area (Å²) >= 11 is 12.0. The zero-order valence-electron chi connectivity index (χ0n) is 14.2. The van der Waals surface area contributed by atoms with Gasteiger partial charge in [0.2, 0.25) is 0 Å². The van der Waals surface area contributed by atoms with Crippen LogP contribution in [0.4, 0.5) is 0 Å². The molecule has 0 amide bonds. The van der Waals surface area contributed by atoms with Crippen molar-refractivity contribution in [3.05, 3.63) is 64.1 Å². The van der Waals surface area contributed by atoms with Crippen molar-refractivity contribution in [2.45, 2.75) is 25.5 Å². The second kappa shape index (κ2) is 8.41. The van der Waals surface area contributed by atoms with Gasteiger partial charge < -0.3 is 14.3 Å². The Kier molecular flexibility index (Phi) is 6.24. The Hall–Kier alpha value is -1.26. The number of quaternary nitrogens is 1. The summed E-state index contributed by atoms with van der Waals surface area (Å²) in [5.41, 5.74) is 1.32. The van der Waals surface area contributed by atoms with Gasteiger partial charge >= 0.3 is 0 Å². The Bertz CT molecular complexity index is 687. The number of aliphatic hydroxyl groups excluding tert-OH is 1. The maximum Gasteiger partial charge on any atom is 0.138 e. The molecule has 1 saturated heterocycles. The molecule has 0 aliphatic carbocycles. The standard InChI is InChI=1S/C20H24Cl2NO2/c21-17-8-9-20(19(22)12-17)25-15-18(24)14-23(10-4-5-11-23)13-16-6-2-1-3-7-16/h1-3,6-9,12,18,24H,4-5,10-11,13-15H2/q+1. The molecular weight excluding hydrogens is 357 g/mol. The largest absolute Gasteiger partial charge is 0.489 e. The first-order chi connectivity index (χ1) is 12.1. The molecule has 0 spiro atoms. The molecule has 1 atom stereocenters. The molecule has 5 heteroatoms. The van der Waals surface area contributed by atoms with Crippen molar-refractivity contribution in [2.75, 3.05) is 26.2 Å². The lowest BCUT2D eigenvalue weighted by molar-refractivity contribution is -0.932. The highest BCUT2D eigenvalue weighted by Crippen LogP contribution is 2.28. The molecule has 1 fully saturated rings. The van der Waals surface area contributed by atoms with E-state index in [2.05, 4.69) is 24.3 Å². The third-order valence-corrected chi connectivity index (χ3v) is 5.33. The summed E-state index contributed by atoms with van der Waals surface area (Å²) in [5.74, 6) is 0.557. The van der Waals surface area contributed by atoms with E-state index >= 15 is 0 Å². The summed E-state index contributed by atoms with van der Waals surface area (Å²) in [4.78, 5) is 0. The van der Waals surface area contributed by atoms with Crippen molar-refractivity contribution in [3.8, 4) is 5.75 Å². The van der Waals surface area contributed by atoms with E-state index in [-0.39, 0.29) is 6.61 Å². The van der Waals surface area contributed by atoms with Gasteiger partial charge in [-0.1, -0.05) is 53.5 Å². The summed E-state index contributed by atoms with van der Waals surface area (Å²) in [6.45, 7) is 4.09. The number of aliphatic hydroxyl groups is 1. The van der Waals surface area contributed by atoms with Gasteiger partial charge in [-0.15, -0.1) is 0 Å². The first kappa shape index (κ1) is 18.5. The fraction of sp³-hybridized carbons (Fsp3) is 0.400. The van der Waals surface area contributed by atoms with Crippen molar-refractivity contribution in [1.82, 2.24) is 0 Å². The van der Waals surface area contributed by atoms with E-state index in [0.717, 1.165) is 24.1 Å². The van der Waals surface area contributed by atoms with Crippen molar-refractivity contribution >= 4 is 23.2 Å². The number of rotatable bonds is 7. The molecule has 2 aromatic rings. The Morgan fingerprint density at radius 1 is 1.04 bits per heavy atom. The summed E-state index contributed by atoms with van der Waals surface area (Å²) in [6, 6.07) is 15.6. The van der Waals surface area contributed by atoms with Crippen LogP contribution in [-0.4, -0.2) is 41.9 Å².